The molecule has 29 heavy (non-hydrogen) atoms. The summed E-state index contributed by atoms with van der Waals surface area (Å²) in [5.41, 5.74) is 1.46. The number of carbonyl (C=O) groups excluding carboxylic acids is 1. The first-order valence-corrected chi connectivity index (χ1v) is 8.87. The van der Waals surface area contributed by atoms with Gasteiger partial charge in [-0.2, -0.15) is 18.3 Å². The molecule has 0 bridgehead atoms. The van der Waals surface area contributed by atoms with Crippen LogP contribution in [0.5, 0.6) is 5.88 Å². The van der Waals surface area contributed by atoms with Crippen molar-refractivity contribution in [3.8, 4) is 17.3 Å². The molecule has 7 nitrogen and oxygen atoms in total. The lowest BCUT2D eigenvalue weighted by molar-refractivity contribution is -0.154. The molecular weight excluding hydrogens is 387 g/mol. The highest BCUT2D eigenvalue weighted by molar-refractivity contribution is 6.04. The number of hydrogen-bond donors (Lipinski definition) is 2. The lowest BCUT2D eigenvalue weighted by Gasteiger charge is -2.09. The maximum absolute atomic E-state index is 12.4. The van der Waals surface area contributed by atoms with Gasteiger partial charge in [0.2, 0.25) is 5.88 Å². The molecule has 0 aliphatic heterocycles. The molecule has 0 spiro atoms. The number of pyridine rings is 1. The van der Waals surface area contributed by atoms with Gasteiger partial charge in [-0.3, -0.25) is 9.89 Å². The number of H-pyrrole nitrogens is 1. The predicted molar refractivity (Wildman–Crippen MR) is 97.5 cm³/mol. The van der Waals surface area contributed by atoms with Crippen LogP contribution < -0.4 is 10.1 Å². The van der Waals surface area contributed by atoms with E-state index in [9.17, 15) is 18.0 Å². The van der Waals surface area contributed by atoms with Crippen LogP contribution in [0, 0.1) is 0 Å². The number of halogens is 3. The van der Waals surface area contributed by atoms with Crippen LogP contribution in [0.2, 0.25) is 0 Å². The van der Waals surface area contributed by atoms with E-state index in [2.05, 4.69) is 30.2 Å². The number of benzene rings is 1. The zero-order valence-electron chi connectivity index (χ0n) is 15.0. The summed E-state index contributed by atoms with van der Waals surface area (Å²) < 4.78 is 41.0. The minimum absolute atomic E-state index is 0.184. The smallest absolute Gasteiger partial charge is 0.422 e. The van der Waals surface area contributed by atoms with Crippen molar-refractivity contribution in [3.05, 3.63) is 54.0 Å². The van der Waals surface area contributed by atoms with Gasteiger partial charge in [0.1, 0.15) is 5.82 Å². The van der Waals surface area contributed by atoms with E-state index in [1.54, 1.807) is 18.2 Å². The van der Waals surface area contributed by atoms with Crippen LogP contribution in [0.1, 0.15) is 34.9 Å². The van der Waals surface area contributed by atoms with Gasteiger partial charge in [-0.05, 0) is 31.0 Å². The molecular formula is C19H16F3N5O2. The Labute approximate surface area is 163 Å². The molecule has 1 aromatic carbocycles. The fourth-order valence-electron chi connectivity index (χ4n) is 2.64. The molecule has 1 fully saturated rings. The van der Waals surface area contributed by atoms with Gasteiger partial charge < -0.3 is 10.1 Å². The van der Waals surface area contributed by atoms with Gasteiger partial charge in [-0.15, -0.1) is 0 Å². The summed E-state index contributed by atoms with van der Waals surface area (Å²) in [5, 5.41) is 9.88. The molecule has 10 heteroatoms. The second-order valence-corrected chi connectivity index (χ2v) is 6.64. The van der Waals surface area contributed by atoms with Crippen molar-refractivity contribution in [2.45, 2.75) is 24.9 Å². The largest absolute Gasteiger partial charge is 0.468 e. The standard InChI is InChI=1S/C19H16F3N5O2/c20-19(21,22)10-29-15-7-6-13(9-23-15)18(28)24-14-3-1-2-12(8-14)17-25-16(26-27-17)11-4-5-11/h1-3,6-9,11H,4-5,10H2,(H,24,28)(H,25,26,27). The molecule has 1 amide bonds. The number of nitrogens with one attached hydrogen (secondary N) is 2. The maximum Gasteiger partial charge on any atom is 0.422 e. The lowest BCUT2D eigenvalue weighted by atomic mass is 10.2. The molecule has 1 aliphatic carbocycles. The minimum atomic E-state index is -4.45. The van der Waals surface area contributed by atoms with E-state index in [0.717, 1.165) is 30.4 Å². The van der Waals surface area contributed by atoms with Crippen molar-refractivity contribution in [1.82, 2.24) is 20.2 Å². The number of alkyl halides is 3. The van der Waals surface area contributed by atoms with E-state index in [0.29, 0.717) is 17.4 Å². The minimum Gasteiger partial charge on any atom is -0.468 e. The number of anilines is 1. The normalized spacial score (nSPS) is 13.9. The Kier molecular flexibility index (Phi) is 4.91. The van der Waals surface area contributed by atoms with Crippen molar-refractivity contribution in [3.63, 3.8) is 0 Å². The van der Waals surface area contributed by atoms with E-state index < -0.39 is 18.7 Å². The highest BCUT2D eigenvalue weighted by Gasteiger charge is 2.29. The fourth-order valence-corrected chi connectivity index (χ4v) is 2.64. The Morgan fingerprint density at radius 2 is 2.07 bits per heavy atom. The number of hydrogen-bond acceptors (Lipinski definition) is 5. The molecule has 3 aromatic rings. The van der Waals surface area contributed by atoms with Crippen molar-refractivity contribution >= 4 is 11.6 Å². The van der Waals surface area contributed by atoms with Gasteiger partial charge in [-0.1, -0.05) is 12.1 Å². The highest BCUT2D eigenvalue weighted by Crippen LogP contribution is 2.38. The SMILES string of the molecule is O=C(Nc1cccc(-c2n[nH]c(C3CC3)n2)c1)c1ccc(OCC(F)(F)F)nc1. The van der Waals surface area contributed by atoms with E-state index in [-0.39, 0.29) is 11.4 Å². The number of nitrogens with zero attached hydrogens (tertiary/aromatic N) is 3. The van der Waals surface area contributed by atoms with Crippen LogP contribution in [-0.2, 0) is 0 Å². The molecule has 2 aromatic heterocycles. The van der Waals surface area contributed by atoms with Crippen molar-refractivity contribution in [2.24, 2.45) is 0 Å². The summed E-state index contributed by atoms with van der Waals surface area (Å²) in [6, 6.07) is 9.61. The first-order chi connectivity index (χ1) is 13.9. The number of amides is 1. The topological polar surface area (TPSA) is 92.8 Å². The summed E-state index contributed by atoms with van der Waals surface area (Å²) in [7, 11) is 0. The fraction of sp³-hybridized carbons (Fsp3) is 0.263. The average Bonchev–Trinajstić information content (AvgIpc) is 3.43. The molecule has 1 saturated carbocycles. The zero-order valence-corrected chi connectivity index (χ0v) is 15.0. The molecule has 2 N–H and O–H groups in total. The summed E-state index contributed by atoms with van der Waals surface area (Å²) in [6.45, 7) is -1.44. The van der Waals surface area contributed by atoms with E-state index in [4.69, 9.17) is 0 Å². The van der Waals surface area contributed by atoms with Crippen molar-refractivity contribution < 1.29 is 22.7 Å². The highest BCUT2D eigenvalue weighted by atomic mass is 19.4. The Bertz CT molecular complexity index is 1010. The number of aromatic nitrogens is 4. The lowest BCUT2D eigenvalue weighted by Crippen LogP contribution is -2.19. The van der Waals surface area contributed by atoms with E-state index in [1.165, 1.54) is 12.1 Å². The second-order valence-electron chi connectivity index (χ2n) is 6.64. The summed E-state index contributed by atoms with van der Waals surface area (Å²) in [5.74, 6) is 1.21. The van der Waals surface area contributed by atoms with Gasteiger partial charge in [0.15, 0.2) is 12.4 Å². The van der Waals surface area contributed by atoms with Crippen LogP contribution in [-0.4, -0.2) is 38.9 Å². The third kappa shape index (κ3) is 4.89. The first-order valence-electron chi connectivity index (χ1n) is 8.87. The van der Waals surface area contributed by atoms with Gasteiger partial charge in [0, 0.05) is 29.4 Å². The maximum atomic E-state index is 12.4. The molecule has 0 unspecified atom stereocenters. The molecule has 1 aliphatic rings. The van der Waals surface area contributed by atoms with Crippen molar-refractivity contribution in [2.75, 3.05) is 11.9 Å². The van der Waals surface area contributed by atoms with Crippen LogP contribution in [0.15, 0.2) is 42.6 Å². The van der Waals surface area contributed by atoms with Crippen LogP contribution >= 0.6 is 0 Å². The number of aromatic amines is 1. The third-order valence-electron chi connectivity index (χ3n) is 4.23. The Morgan fingerprint density at radius 1 is 1.24 bits per heavy atom. The summed E-state index contributed by atoms with van der Waals surface area (Å²) in [6.07, 6.45) is -1.08. The number of rotatable bonds is 6. The van der Waals surface area contributed by atoms with Gasteiger partial charge in [0.05, 0.1) is 5.56 Å². The predicted octanol–water partition coefficient (Wildman–Crippen LogP) is 3.94. The number of carbonyl (C=O) groups is 1. The van der Waals surface area contributed by atoms with E-state index >= 15 is 0 Å². The van der Waals surface area contributed by atoms with Crippen LogP contribution in [0.25, 0.3) is 11.4 Å². The molecule has 150 valence electrons. The van der Waals surface area contributed by atoms with Crippen LogP contribution in [0.3, 0.4) is 0 Å². The van der Waals surface area contributed by atoms with E-state index in [1.807, 2.05) is 6.07 Å². The Morgan fingerprint density at radius 3 is 2.76 bits per heavy atom. The molecule has 4 rings (SSSR count). The quantitative estimate of drug-likeness (QED) is 0.650. The second kappa shape index (κ2) is 7.53. The Hall–Kier alpha value is -3.43. The molecule has 0 saturated heterocycles. The van der Waals surface area contributed by atoms with Gasteiger partial charge >= 0.3 is 6.18 Å². The number of ether oxygens (including phenoxy) is 1. The third-order valence-corrected chi connectivity index (χ3v) is 4.23. The summed E-state index contributed by atoms with van der Waals surface area (Å²) >= 11 is 0. The summed E-state index contributed by atoms with van der Waals surface area (Å²) in [4.78, 5) is 20.6. The molecule has 0 radical (unpaired) electrons. The molecule has 0 atom stereocenters. The van der Waals surface area contributed by atoms with Crippen LogP contribution in [0.4, 0.5) is 18.9 Å². The van der Waals surface area contributed by atoms with Crippen molar-refractivity contribution in [1.29, 1.82) is 0 Å². The monoisotopic (exact) mass is 403 g/mol. The Balaban J connectivity index is 1.41. The molecule has 2 heterocycles. The van der Waals surface area contributed by atoms with Gasteiger partial charge in [-0.25, -0.2) is 9.97 Å². The average molecular weight is 403 g/mol. The van der Waals surface area contributed by atoms with Gasteiger partial charge in [0.25, 0.3) is 5.91 Å². The first kappa shape index (κ1) is 18.9. The zero-order chi connectivity index (χ0) is 20.4.